The molecule has 4 nitrogen and oxygen atoms in total. The molecule has 20 heavy (non-hydrogen) atoms. The Bertz CT molecular complexity index is 715. The lowest BCUT2D eigenvalue weighted by Crippen LogP contribution is -2.28. The molecule has 3 N–H and O–H groups in total. The summed E-state index contributed by atoms with van der Waals surface area (Å²) in [6, 6.07) is 13.8. The van der Waals surface area contributed by atoms with Crippen LogP contribution in [0.15, 0.2) is 53.1 Å². The molecule has 0 amide bonds. The van der Waals surface area contributed by atoms with Crippen molar-refractivity contribution in [1.29, 1.82) is 0 Å². The van der Waals surface area contributed by atoms with E-state index < -0.39 is 0 Å². The van der Waals surface area contributed by atoms with Crippen LogP contribution in [0.1, 0.15) is 30.0 Å². The number of aryl methyl sites for hydroxylation is 1. The van der Waals surface area contributed by atoms with E-state index >= 15 is 0 Å². The lowest BCUT2D eigenvalue weighted by molar-refractivity contribution is 0.426. The van der Waals surface area contributed by atoms with Crippen molar-refractivity contribution in [3.63, 3.8) is 0 Å². The van der Waals surface area contributed by atoms with Gasteiger partial charge in [-0.3, -0.25) is 10.8 Å². The minimum absolute atomic E-state index is 0.200. The van der Waals surface area contributed by atoms with Crippen LogP contribution in [-0.4, -0.2) is 4.98 Å². The Balaban J connectivity index is 2.11. The smallest absolute Gasteiger partial charge is 0.127 e. The number of nitrogens with two attached hydrogens (primary N) is 1. The summed E-state index contributed by atoms with van der Waals surface area (Å²) in [5, 5.41) is 1.09. The van der Waals surface area contributed by atoms with Gasteiger partial charge in [0.15, 0.2) is 0 Å². The monoisotopic (exact) mass is 267 g/mol. The molecule has 0 saturated heterocycles. The Morgan fingerprint density at radius 1 is 1.20 bits per heavy atom. The van der Waals surface area contributed by atoms with Crippen LogP contribution in [0.3, 0.4) is 0 Å². The maximum atomic E-state index is 5.82. The van der Waals surface area contributed by atoms with Crippen molar-refractivity contribution in [2.75, 3.05) is 0 Å². The normalized spacial score (nSPS) is 12.7. The van der Waals surface area contributed by atoms with E-state index in [1.54, 1.807) is 6.20 Å². The topological polar surface area (TPSA) is 64.1 Å². The number of hydrogen-bond donors (Lipinski definition) is 2. The van der Waals surface area contributed by atoms with Gasteiger partial charge in [-0.1, -0.05) is 31.2 Å². The Labute approximate surface area is 117 Å². The molecule has 1 aromatic carbocycles. The standard InChI is InChI=1S/C16H17N3O/c1-2-12-8-9-14(20-12)16(19-17)13-7-3-5-11-6-4-10-18-15(11)13/h3-10,16,19H,2,17H2,1H3. The van der Waals surface area contributed by atoms with Crippen LogP contribution in [-0.2, 0) is 6.42 Å². The molecule has 2 aromatic heterocycles. The molecule has 3 rings (SSSR count). The molecule has 3 aromatic rings. The van der Waals surface area contributed by atoms with Crippen molar-refractivity contribution < 1.29 is 4.42 Å². The second-order valence-corrected chi connectivity index (χ2v) is 4.68. The van der Waals surface area contributed by atoms with Gasteiger partial charge in [0.2, 0.25) is 0 Å². The highest BCUT2D eigenvalue weighted by molar-refractivity contribution is 5.82. The number of fused-ring (bicyclic) bond motifs is 1. The van der Waals surface area contributed by atoms with Crippen molar-refractivity contribution in [2.45, 2.75) is 19.4 Å². The number of benzene rings is 1. The predicted molar refractivity (Wildman–Crippen MR) is 79.0 cm³/mol. The number of furan rings is 1. The highest BCUT2D eigenvalue weighted by Crippen LogP contribution is 2.28. The number of rotatable bonds is 4. The van der Waals surface area contributed by atoms with Crippen LogP contribution in [0.25, 0.3) is 10.9 Å². The van der Waals surface area contributed by atoms with Crippen LogP contribution in [0, 0.1) is 0 Å². The van der Waals surface area contributed by atoms with Gasteiger partial charge in [-0.05, 0) is 18.2 Å². The first-order valence-corrected chi connectivity index (χ1v) is 6.72. The van der Waals surface area contributed by atoms with Gasteiger partial charge in [-0.15, -0.1) is 0 Å². The molecule has 102 valence electrons. The van der Waals surface area contributed by atoms with Gasteiger partial charge in [0.05, 0.1) is 5.52 Å². The molecule has 4 heteroatoms. The summed E-state index contributed by atoms with van der Waals surface area (Å²) in [7, 11) is 0. The van der Waals surface area contributed by atoms with Gasteiger partial charge in [-0.2, -0.15) is 0 Å². The van der Waals surface area contributed by atoms with Crippen molar-refractivity contribution in [3.05, 3.63) is 65.7 Å². The van der Waals surface area contributed by atoms with Crippen LogP contribution in [0.2, 0.25) is 0 Å². The summed E-state index contributed by atoms with van der Waals surface area (Å²) in [4.78, 5) is 4.47. The fourth-order valence-corrected chi connectivity index (χ4v) is 2.43. The number of hydrazine groups is 1. The summed E-state index contributed by atoms with van der Waals surface area (Å²) >= 11 is 0. The van der Waals surface area contributed by atoms with E-state index in [1.807, 2.05) is 42.5 Å². The van der Waals surface area contributed by atoms with Crippen LogP contribution >= 0.6 is 0 Å². The molecular weight excluding hydrogens is 250 g/mol. The number of pyridine rings is 1. The molecule has 0 aliphatic carbocycles. The van der Waals surface area contributed by atoms with E-state index in [4.69, 9.17) is 10.3 Å². The third-order valence-electron chi connectivity index (χ3n) is 3.46. The number of para-hydroxylation sites is 1. The zero-order valence-corrected chi connectivity index (χ0v) is 11.3. The summed E-state index contributed by atoms with van der Waals surface area (Å²) < 4.78 is 5.82. The van der Waals surface area contributed by atoms with Gasteiger partial charge >= 0.3 is 0 Å². The Kier molecular flexibility index (Phi) is 3.50. The Morgan fingerprint density at radius 2 is 2.05 bits per heavy atom. The minimum atomic E-state index is -0.200. The second kappa shape index (κ2) is 5.45. The van der Waals surface area contributed by atoms with Crippen molar-refractivity contribution >= 4 is 10.9 Å². The summed E-state index contributed by atoms with van der Waals surface area (Å²) in [6.07, 6.45) is 2.66. The summed E-state index contributed by atoms with van der Waals surface area (Å²) in [6.45, 7) is 2.06. The van der Waals surface area contributed by atoms with Crippen LogP contribution in [0.5, 0.6) is 0 Å². The fraction of sp³-hybridized carbons (Fsp3) is 0.188. The first kappa shape index (κ1) is 12.8. The molecule has 0 saturated carbocycles. The van der Waals surface area contributed by atoms with Crippen LogP contribution in [0.4, 0.5) is 0 Å². The van der Waals surface area contributed by atoms with E-state index in [2.05, 4.69) is 17.3 Å². The van der Waals surface area contributed by atoms with Crippen LogP contribution < -0.4 is 11.3 Å². The highest BCUT2D eigenvalue weighted by Gasteiger charge is 2.19. The summed E-state index contributed by atoms with van der Waals surface area (Å²) in [5.74, 6) is 7.50. The van der Waals surface area contributed by atoms with Gasteiger partial charge in [-0.25, -0.2) is 5.43 Å². The molecule has 0 radical (unpaired) electrons. The molecule has 2 heterocycles. The number of hydrogen-bond acceptors (Lipinski definition) is 4. The quantitative estimate of drug-likeness (QED) is 0.563. The van der Waals surface area contributed by atoms with Crippen molar-refractivity contribution in [1.82, 2.24) is 10.4 Å². The van der Waals surface area contributed by atoms with E-state index in [1.165, 1.54) is 0 Å². The fourth-order valence-electron chi connectivity index (χ4n) is 2.43. The third kappa shape index (κ3) is 2.19. The average Bonchev–Trinajstić information content (AvgIpc) is 2.97. The second-order valence-electron chi connectivity index (χ2n) is 4.68. The minimum Gasteiger partial charge on any atom is -0.464 e. The zero-order valence-electron chi connectivity index (χ0n) is 11.3. The molecule has 0 bridgehead atoms. The molecule has 0 aliphatic heterocycles. The summed E-state index contributed by atoms with van der Waals surface area (Å²) in [5.41, 5.74) is 4.78. The molecule has 1 unspecified atom stereocenters. The number of nitrogens with one attached hydrogen (secondary N) is 1. The van der Waals surface area contributed by atoms with E-state index in [0.717, 1.165) is 34.4 Å². The predicted octanol–water partition coefficient (Wildman–Crippen LogP) is 2.94. The molecule has 0 aliphatic rings. The third-order valence-corrected chi connectivity index (χ3v) is 3.46. The lowest BCUT2D eigenvalue weighted by Gasteiger charge is -2.15. The first-order chi connectivity index (χ1) is 9.83. The zero-order chi connectivity index (χ0) is 13.9. The van der Waals surface area contributed by atoms with Crippen molar-refractivity contribution in [2.24, 2.45) is 5.84 Å². The molecule has 0 fully saturated rings. The maximum Gasteiger partial charge on any atom is 0.127 e. The number of aromatic nitrogens is 1. The Morgan fingerprint density at radius 3 is 2.80 bits per heavy atom. The first-order valence-electron chi connectivity index (χ1n) is 6.72. The van der Waals surface area contributed by atoms with Gasteiger partial charge in [0, 0.05) is 23.6 Å². The van der Waals surface area contributed by atoms with Gasteiger partial charge < -0.3 is 4.42 Å². The lowest BCUT2D eigenvalue weighted by atomic mass is 10.0. The number of nitrogens with zero attached hydrogens (tertiary/aromatic N) is 1. The molecule has 1 atom stereocenters. The SMILES string of the molecule is CCc1ccc(C(NN)c2cccc3cccnc23)o1. The Hall–Kier alpha value is -2.17. The largest absolute Gasteiger partial charge is 0.464 e. The van der Waals surface area contributed by atoms with E-state index in [0.29, 0.717) is 0 Å². The van der Waals surface area contributed by atoms with E-state index in [9.17, 15) is 0 Å². The van der Waals surface area contributed by atoms with E-state index in [-0.39, 0.29) is 6.04 Å². The molecular formula is C16H17N3O. The molecule has 0 spiro atoms. The van der Waals surface area contributed by atoms with Gasteiger partial charge in [0.1, 0.15) is 17.6 Å². The van der Waals surface area contributed by atoms with Crippen molar-refractivity contribution in [3.8, 4) is 0 Å². The maximum absolute atomic E-state index is 5.82. The van der Waals surface area contributed by atoms with Gasteiger partial charge in [0.25, 0.3) is 0 Å². The average molecular weight is 267 g/mol. The highest BCUT2D eigenvalue weighted by atomic mass is 16.3.